The summed E-state index contributed by atoms with van der Waals surface area (Å²) < 4.78 is 1.04. The summed E-state index contributed by atoms with van der Waals surface area (Å²) in [4.78, 5) is 18.6. The van der Waals surface area contributed by atoms with Crippen LogP contribution in [-0.2, 0) is 0 Å². The molecule has 4 nitrogen and oxygen atoms in total. The van der Waals surface area contributed by atoms with Crippen LogP contribution in [0.25, 0.3) is 0 Å². The predicted molar refractivity (Wildman–Crippen MR) is 79.5 cm³/mol. The van der Waals surface area contributed by atoms with E-state index in [0.717, 1.165) is 29.7 Å². The second-order valence-electron chi connectivity index (χ2n) is 5.53. The standard InChI is InChI=1S/C14H18BrN3O/c1-16(2)12-7-13-9-17(14(19)18(13)8-12)11-5-3-10(15)4-6-11/h3-6,12-13H,7-9H2,1-2H3/t12?,13-/m1/s1. The minimum atomic E-state index is 0.150. The Morgan fingerprint density at radius 1 is 1.21 bits per heavy atom. The molecule has 1 aromatic rings. The molecule has 0 bridgehead atoms. The lowest BCUT2D eigenvalue weighted by Crippen LogP contribution is -2.37. The molecule has 1 unspecified atom stereocenters. The number of halogens is 1. The number of amides is 2. The molecule has 2 heterocycles. The van der Waals surface area contributed by atoms with Gasteiger partial charge in [-0.1, -0.05) is 15.9 Å². The number of carbonyl (C=O) groups excluding carboxylic acids is 1. The van der Waals surface area contributed by atoms with Crippen molar-refractivity contribution in [2.45, 2.75) is 18.5 Å². The van der Waals surface area contributed by atoms with E-state index >= 15 is 0 Å². The molecule has 0 saturated carbocycles. The van der Waals surface area contributed by atoms with Crippen molar-refractivity contribution in [3.05, 3.63) is 28.7 Å². The summed E-state index contributed by atoms with van der Waals surface area (Å²) in [5.74, 6) is 0. The Morgan fingerprint density at radius 3 is 2.47 bits per heavy atom. The fourth-order valence-corrected chi connectivity index (χ4v) is 3.22. The first-order valence-corrected chi connectivity index (χ1v) is 7.35. The molecule has 1 aromatic carbocycles. The van der Waals surface area contributed by atoms with Gasteiger partial charge in [-0.05, 0) is 44.8 Å². The Balaban J connectivity index is 1.76. The number of anilines is 1. The van der Waals surface area contributed by atoms with Gasteiger partial charge in [0.25, 0.3) is 0 Å². The zero-order valence-corrected chi connectivity index (χ0v) is 12.8. The zero-order chi connectivity index (χ0) is 13.6. The Morgan fingerprint density at radius 2 is 1.89 bits per heavy atom. The molecule has 0 N–H and O–H groups in total. The van der Waals surface area contributed by atoms with Crippen molar-refractivity contribution in [3.8, 4) is 0 Å². The van der Waals surface area contributed by atoms with E-state index in [2.05, 4.69) is 34.9 Å². The highest BCUT2D eigenvalue weighted by Gasteiger charge is 2.44. The molecule has 3 rings (SSSR count). The predicted octanol–water partition coefficient (Wildman–Crippen LogP) is 2.39. The number of hydrogen-bond acceptors (Lipinski definition) is 2. The van der Waals surface area contributed by atoms with E-state index in [4.69, 9.17) is 0 Å². The van der Waals surface area contributed by atoms with Crippen LogP contribution in [-0.4, -0.2) is 55.1 Å². The summed E-state index contributed by atoms with van der Waals surface area (Å²) in [7, 11) is 4.17. The number of benzene rings is 1. The van der Waals surface area contributed by atoms with Gasteiger partial charge in [-0.15, -0.1) is 0 Å². The maximum absolute atomic E-state index is 12.5. The summed E-state index contributed by atoms with van der Waals surface area (Å²) in [6.07, 6.45) is 1.08. The van der Waals surface area contributed by atoms with E-state index < -0.39 is 0 Å². The number of carbonyl (C=O) groups is 1. The smallest absolute Gasteiger partial charge is 0.318 e. The van der Waals surface area contributed by atoms with Gasteiger partial charge in [-0.25, -0.2) is 4.79 Å². The topological polar surface area (TPSA) is 26.8 Å². The van der Waals surface area contributed by atoms with Crippen molar-refractivity contribution in [1.29, 1.82) is 0 Å². The number of fused-ring (bicyclic) bond motifs is 1. The molecule has 19 heavy (non-hydrogen) atoms. The quantitative estimate of drug-likeness (QED) is 0.835. The lowest BCUT2D eigenvalue weighted by Gasteiger charge is -2.22. The van der Waals surface area contributed by atoms with Crippen LogP contribution in [0.2, 0.25) is 0 Å². The van der Waals surface area contributed by atoms with E-state index in [1.54, 1.807) is 0 Å². The fourth-order valence-electron chi connectivity index (χ4n) is 2.95. The Bertz CT molecular complexity index is 488. The number of likely N-dealkylation sites (N-methyl/N-ethyl adjacent to an activating group) is 1. The first-order chi connectivity index (χ1) is 9.06. The van der Waals surface area contributed by atoms with E-state index in [0.29, 0.717) is 12.1 Å². The molecular weight excluding hydrogens is 306 g/mol. The highest BCUT2D eigenvalue weighted by atomic mass is 79.9. The van der Waals surface area contributed by atoms with Gasteiger partial charge in [0.2, 0.25) is 0 Å². The first-order valence-electron chi connectivity index (χ1n) is 6.56. The number of hydrogen-bond donors (Lipinski definition) is 0. The van der Waals surface area contributed by atoms with Crippen LogP contribution in [0.4, 0.5) is 10.5 Å². The van der Waals surface area contributed by atoms with Crippen LogP contribution in [0, 0.1) is 0 Å². The van der Waals surface area contributed by atoms with Crippen LogP contribution in [0.1, 0.15) is 6.42 Å². The fraction of sp³-hybridized carbons (Fsp3) is 0.500. The van der Waals surface area contributed by atoms with Crippen LogP contribution in [0.3, 0.4) is 0 Å². The molecule has 5 heteroatoms. The molecule has 0 aliphatic carbocycles. The second kappa shape index (κ2) is 4.80. The molecule has 102 valence electrons. The molecule has 2 amide bonds. The maximum Gasteiger partial charge on any atom is 0.324 e. The van der Waals surface area contributed by atoms with Gasteiger partial charge in [-0.2, -0.15) is 0 Å². The summed E-state index contributed by atoms with van der Waals surface area (Å²) >= 11 is 3.42. The van der Waals surface area contributed by atoms with Gasteiger partial charge < -0.3 is 9.80 Å². The van der Waals surface area contributed by atoms with Crippen LogP contribution in [0.5, 0.6) is 0 Å². The lowest BCUT2D eigenvalue weighted by atomic mass is 10.1. The Hall–Kier alpha value is -1.07. The van der Waals surface area contributed by atoms with Crippen molar-refractivity contribution in [2.75, 3.05) is 32.1 Å². The average molecular weight is 324 g/mol. The van der Waals surface area contributed by atoms with Gasteiger partial charge in [0, 0.05) is 29.3 Å². The molecule has 2 atom stereocenters. The molecule has 2 aliphatic rings. The van der Waals surface area contributed by atoms with Crippen molar-refractivity contribution in [3.63, 3.8) is 0 Å². The van der Waals surface area contributed by atoms with Gasteiger partial charge in [0.1, 0.15) is 0 Å². The van der Waals surface area contributed by atoms with Crippen molar-refractivity contribution in [1.82, 2.24) is 9.80 Å². The Kier molecular flexibility index (Phi) is 3.27. The zero-order valence-electron chi connectivity index (χ0n) is 11.2. The maximum atomic E-state index is 12.5. The number of urea groups is 1. The van der Waals surface area contributed by atoms with Crippen molar-refractivity contribution >= 4 is 27.6 Å². The number of nitrogens with zero attached hydrogens (tertiary/aromatic N) is 3. The summed E-state index contributed by atoms with van der Waals surface area (Å²) in [6, 6.07) is 8.96. The average Bonchev–Trinajstić information content (AvgIpc) is 2.91. The van der Waals surface area contributed by atoms with Crippen LogP contribution in [0.15, 0.2) is 28.7 Å². The highest BCUT2D eigenvalue weighted by molar-refractivity contribution is 9.10. The molecule has 2 aliphatic heterocycles. The molecule has 2 fully saturated rings. The third-order valence-electron chi connectivity index (χ3n) is 4.13. The highest BCUT2D eigenvalue weighted by Crippen LogP contribution is 2.31. The first kappa shape index (κ1) is 12.9. The van der Waals surface area contributed by atoms with E-state index in [1.165, 1.54) is 0 Å². The summed E-state index contributed by atoms with van der Waals surface area (Å²) in [5.41, 5.74) is 0.990. The third kappa shape index (κ3) is 2.25. The molecule has 0 spiro atoms. The largest absolute Gasteiger partial charge is 0.324 e. The second-order valence-corrected chi connectivity index (χ2v) is 6.44. The Labute approximate surface area is 122 Å². The van der Waals surface area contributed by atoms with Crippen LogP contribution < -0.4 is 4.90 Å². The molecule has 2 saturated heterocycles. The minimum absolute atomic E-state index is 0.150. The molecule has 0 radical (unpaired) electrons. The van der Waals surface area contributed by atoms with E-state index in [9.17, 15) is 4.79 Å². The van der Waals surface area contributed by atoms with Crippen molar-refractivity contribution < 1.29 is 4.79 Å². The van der Waals surface area contributed by atoms with E-state index in [1.807, 2.05) is 34.1 Å². The van der Waals surface area contributed by atoms with Gasteiger partial charge in [0.15, 0.2) is 0 Å². The monoisotopic (exact) mass is 323 g/mol. The van der Waals surface area contributed by atoms with E-state index in [-0.39, 0.29) is 6.03 Å². The van der Waals surface area contributed by atoms with Crippen molar-refractivity contribution in [2.24, 2.45) is 0 Å². The molecule has 0 aromatic heterocycles. The normalized spacial score (nSPS) is 26.4. The molecular formula is C14H18BrN3O. The summed E-state index contributed by atoms with van der Waals surface area (Å²) in [6.45, 7) is 1.66. The number of rotatable bonds is 2. The SMILES string of the molecule is CN(C)C1C[C@@H]2CN(c3ccc(Br)cc3)C(=O)N2C1. The van der Waals surface area contributed by atoms with Gasteiger partial charge in [0.05, 0.1) is 6.04 Å². The minimum Gasteiger partial charge on any atom is -0.318 e. The summed E-state index contributed by atoms with van der Waals surface area (Å²) in [5, 5.41) is 0. The van der Waals surface area contributed by atoms with Gasteiger partial charge in [-0.3, -0.25) is 4.90 Å². The lowest BCUT2D eigenvalue weighted by molar-refractivity contribution is 0.214. The van der Waals surface area contributed by atoms with Crippen LogP contribution >= 0.6 is 15.9 Å². The van der Waals surface area contributed by atoms with Gasteiger partial charge >= 0.3 is 6.03 Å². The third-order valence-corrected chi connectivity index (χ3v) is 4.66.